The monoisotopic (exact) mass is 633 g/mol. The molecule has 0 saturated carbocycles. The van der Waals surface area contributed by atoms with Crippen LogP contribution in [-0.4, -0.2) is 80.9 Å². The average molecular weight is 634 g/mol. The van der Waals surface area contributed by atoms with Crippen molar-refractivity contribution < 1.29 is 27.5 Å². The van der Waals surface area contributed by atoms with Gasteiger partial charge in [-0.3, -0.25) is 14.4 Å². The fraction of sp³-hybridized carbons (Fsp3) is 0.500. The van der Waals surface area contributed by atoms with Gasteiger partial charge in [-0.25, -0.2) is 13.1 Å². The van der Waals surface area contributed by atoms with Crippen LogP contribution in [0.2, 0.25) is 5.02 Å². The second-order valence-corrected chi connectivity index (χ2v) is 13.0. The van der Waals surface area contributed by atoms with Crippen LogP contribution in [0.3, 0.4) is 0 Å². The molecule has 2 aromatic rings. The molecule has 2 atom stereocenters. The molecule has 13 heteroatoms. The number of sulfonamides is 1. The molecule has 0 spiro atoms. The highest BCUT2D eigenvalue weighted by Gasteiger charge is 2.37. The standard InChI is InChI=1S/C30H40ClN5O6S/c31-25-10-9-23(19-32)24(18-25)20-33-29(38)27-8-4-5-13-36(27)30(39)26(11-12-28(37)35-14-16-42-17-15-35)34-43(40,41)21-22-6-2-1-3-7-22/h1-3,6-7,9-10,18,26-27,34H,4-5,8,11-17,19-21,32H2,(H,33,38). The van der Waals surface area contributed by atoms with Crippen LogP contribution in [0, 0.1) is 0 Å². The molecular weight excluding hydrogens is 594 g/mol. The van der Waals surface area contributed by atoms with Crippen molar-refractivity contribution in [3.63, 3.8) is 0 Å². The number of piperidine rings is 1. The fourth-order valence-corrected chi connectivity index (χ4v) is 7.01. The first-order valence-electron chi connectivity index (χ1n) is 14.6. The van der Waals surface area contributed by atoms with E-state index in [2.05, 4.69) is 10.0 Å². The zero-order chi connectivity index (χ0) is 30.8. The SMILES string of the molecule is NCc1ccc(Cl)cc1CNC(=O)C1CCCCN1C(=O)C(CCC(=O)N1CCOCC1)NS(=O)(=O)Cc1ccccc1. The summed E-state index contributed by atoms with van der Waals surface area (Å²) in [6.45, 7) is 2.54. The molecule has 0 aliphatic carbocycles. The van der Waals surface area contributed by atoms with Crippen LogP contribution in [-0.2, 0) is 48.0 Å². The highest BCUT2D eigenvalue weighted by atomic mass is 35.5. The van der Waals surface area contributed by atoms with Gasteiger partial charge in [0.1, 0.15) is 12.1 Å². The van der Waals surface area contributed by atoms with E-state index in [0.717, 1.165) is 17.5 Å². The molecule has 2 aliphatic heterocycles. The molecule has 0 radical (unpaired) electrons. The number of halogens is 1. The molecule has 2 saturated heterocycles. The third-order valence-corrected chi connectivity index (χ3v) is 9.35. The van der Waals surface area contributed by atoms with Crippen molar-refractivity contribution in [3.8, 4) is 0 Å². The Kier molecular flexibility index (Phi) is 11.9. The number of rotatable bonds is 12. The van der Waals surface area contributed by atoms with Crippen LogP contribution in [0.5, 0.6) is 0 Å². The highest BCUT2D eigenvalue weighted by Crippen LogP contribution is 2.22. The van der Waals surface area contributed by atoms with Gasteiger partial charge in [0.15, 0.2) is 0 Å². The number of nitrogens with one attached hydrogen (secondary N) is 2. The Morgan fingerprint density at radius 3 is 2.49 bits per heavy atom. The molecule has 0 aromatic heterocycles. The van der Waals surface area contributed by atoms with E-state index in [1.807, 2.05) is 6.07 Å². The number of likely N-dealkylation sites (tertiary alicyclic amines) is 1. The van der Waals surface area contributed by atoms with Crippen molar-refractivity contribution in [2.24, 2.45) is 5.73 Å². The molecule has 234 valence electrons. The van der Waals surface area contributed by atoms with Gasteiger partial charge < -0.3 is 25.6 Å². The minimum atomic E-state index is -3.95. The second-order valence-electron chi connectivity index (χ2n) is 10.8. The van der Waals surface area contributed by atoms with Crippen molar-refractivity contribution in [2.75, 3.05) is 32.8 Å². The van der Waals surface area contributed by atoms with Crippen LogP contribution in [0.25, 0.3) is 0 Å². The Morgan fingerprint density at radius 1 is 1.02 bits per heavy atom. The minimum Gasteiger partial charge on any atom is -0.378 e. The number of carbonyl (C=O) groups excluding carboxylic acids is 3. The van der Waals surface area contributed by atoms with Gasteiger partial charge in [-0.1, -0.05) is 48.0 Å². The lowest BCUT2D eigenvalue weighted by molar-refractivity contribution is -0.144. The summed E-state index contributed by atoms with van der Waals surface area (Å²) in [6.07, 6.45) is 1.80. The zero-order valence-electron chi connectivity index (χ0n) is 24.2. The van der Waals surface area contributed by atoms with E-state index in [1.54, 1.807) is 47.4 Å². The third kappa shape index (κ3) is 9.48. The van der Waals surface area contributed by atoms with Crippen molar-refractivity contribution in [2.45, 2.75) is 63.0 Å². The third-order valence-electron chi connectivity index (χ3n) is 7.76. The summed E-state index contributed by atoms with van der Waals surface area (Å²) in [6, 6.07) is 12.0. The number of hydrogen-bond acceptors (Lipinski definition) is 7. The predicted molar refractivity (Wildman–Crippen MR) is 163 cm³/mol. The Hall–Kier alpha value is -3.03. The zero-order valence-corrected chi connectivity index (χ0v) is 25.7. The number of morpholine rings is 1. The summed E-state index contributed by atoms with van der Waals surface area (Å²) in [5.41, 5.74) is 8.04. The maximum Gasteiger partial charge on any atom is 0.243 e. The first-order chi connectivity index (χ1) is 20.7. The van der Waals surface area contributed by atoms with Gasteiger partial charge in [0.25, 0.3) is 0 Å². The molecule has 3 amide bonds. The van der Waals surface area contributed by atoms with Crippen LogP contribution < -0.4 is 15.8 Å². The highest BCUT2D eigenvalue weighted by molar-refractivity contribution is 7.88. The van der Waals surface area contributed by atoms with E-state index in [9.17, 15) is 22.8 Å². The number of ether oxygens (including phenoxy) is 1. The summed E-state index contributed by atoms with van der Waals surface area (Å²) < 4.78 is 34.3. The summed E-state index contributed by atoms with van der Waals surface area (Å²) >= 11 is 6.15. The second kappa shape index (κ2) is 15.6. The topological polar surface area (TPSA) is 151 Å². The van der Waals surface area contributed by atoms with E-state index < -0.39 is 28.0 Å². The smallest absolute Gasteiger partial charge is 0.243 e. The molecule has 11 nitrogen and oxygen atoms in total. The Labute approximate surface area is 258 Å². The summed E-state index contributed by atoms with van der Waals surface area (Å²) in [5.74, 6) is -1.35. The van der Waals surface area contributed by atoms with Crippen molar-refractivity contribution >= 4 is 39.3 Å². The normalized spacial score (nSPS) is 18.2. The first-order valence-corrected chi connectivity index (χ1v) is 16.6. The van der Waals surface area contributed by atoms with Crippen LogP contribution in [0.15, 0.2) is 48.5 Å². The molecular formula is C30H40ClN5O6S. The number of carbonyl (C=O) groups is 3. The van der Waals surface area contributed by atoms with Crippen LogP contribution in [0.1, 0.15) is 48.8 Å². The number of nitrogens with two attached hydrogens (primary N) is 1. The van der Waals surface area contributed by atoms with E-state index in [1.165, 1.54) is 4.90 Å². The van der Waals surface area contributed by atoms with E-state index in [4.69, 9.17) is 22.1 Å². The predicted octanol–water partition coefficient (Wildman–Crippen LogP) is 1.92. The largest absolute Gasteiger partial charge is 0.378 e. The summed E-state index contributed by atoms with van der Waals surface area (Å²) in [5, 5.41) is 3.43. The summed E-state index contributed by atoms with van der Waals surface area (Å²) in [7, 11) is -3.95. The van der Waals surface area contributed by atoms with Gasteiger partial charge in [0.2, 0.25) is 27.7 Å². The number of amides is 3. The molecule has 43 heavy (non-hydrogen) atoms. The van der Waals surface area contributed by atoms with Crippen LogP contribution >= 0.6 is 11.6 Å². The minimum absolute atomic E-state index is 0.0222. The van der Waals surface area contributed by atoms with Crippen molar-refractivity contribution in [1.82, 2.24) is 19.8 Å². The lowest BCUT2D eigenvalue weighted by Crippen LogP contribution is -2.57. The quantitative estimate of drug-likeness (QED) is 0.323. The number of nitrogens with zero attached hydrogens (tertiary/aromatic N) is 2. The van der Waals surface area contributed by atoms with E-state index in [0.29, 0.717) is 56.3 Å². The summed E-state index contributed by atoms with van der Waals surface area (Å²) in [4.78, 5) is 43.4. The van der Waals surface area contributed by atoms with Gasteiger partial charge in [0, 0.05) is 44.2 Å². The number of benzene rings is 2. The Bertz CT molecular complexity index is 1370. The molecule has 2 aliphatic rings. The molecule has 4 rings (SSSR count). The van der Waals surface area contributed by atoms with Gasteiger partial charge in [-0.15, -0.1) is 0 Å². The van der Waals surface area contributed by atoms with E-state index >= 15 is 0 Å². The maximum atomic E-state index is 14.0. The average Bonchev–Trinajstić information content (AvgIpc) is 3.02. The fourth-order valence-electron chi connectivity index (χ4n) is 5.45. The van der Waals surface area contributed by atoms with Gasteiger partial charge in [-0.05, 0) is 54.5 Å². The molecule has 2 heterocycles. The molecule has 2 fully saturated rings. The van der Waals surface area contributed by atoms with Gasteiger partial charge in [-0.2, -0.15) is 0 Å². The first kappa shape index (κ1) is 32.9. The molecule has 4 N–H and O–H groups in total. The van der Waals surface area contributed by atoms with Crippen molar-refractivity contribution in [1.29, 1.82) is 0 Å². The molecule has 2 unspecified atom stereocenters. The van der Waals surface area contributed by atoms with Crippen LogP contribution in [0.4, 0.5) is 0 Å². The lowest BCUT2D eigenvalue weighted by atomic mass is 9.99. The Balaban J connectivity index is 1.49. The lowest BCUT2D eigenvalue weighted by Gasteiger charge is -2.37. The number of hydrogen-bond donors (Lipinski definition) is 3. The van der Waals surface area contributed by atoms with Crippen molar-refractivity contribution in [3.05, 3.63) is 70.2 Å². The van der Waals surface area contributed by atoms with E-state index in [-0.39, 0.29) is 43.5 Å². The van der Waals surface area contributed by atoms with Gasteiger partial charge >= 0.3 is 0 Å². The maximum absolute atomic E-state index is 14.0. The Morgan fingerprint density at radius 2 is 1.77 bits per heavy atom. The van der Waals surface area contributed by atoms with Gasteiger partial charge in [0.05, 0.1) is 19.0 Å². The molecule has 0 bridgehead atoms. The molecule has 2 aromatic carbocycles.